The molecule has 3 aromatic rings. The van der Waals surface area contributed by atoms with E-state index in [2.05, 4.69) is 25.6 Å². The summed E-state index contributed by atoms with van der Waals surface area (Å²) in [7, 11) is -3.94. The van der Waals surface area contributed by atoms with Gasteiger partial charge in [-0.3, -0.25) is 4.72 Å². The van der Waals surface area contributed by atoms with Crippen LogP contribution >= 0.6 is 27.5 Å². The van der Waals surface area contributed by atoms with Gasteiger partial charge in [-0.25, -0.2) is 12.8 Å². The molecule has 2 aromatic carbocycles. The molecule has 120 valence electrons. The summed E-state index contributed by atoms with van der Waals surface area (Å²) in [6.07, 6.45) is 1.35. The Morgan fingerprint density at radius 1 is 1.26 bits per heavy atom. The number of rotatable bonds is 3. The molecule has 0 bridgehead atoms. The van der Waals surface area contributed by atoms with E-state index in [0.717, 1.165) is 5.56 Å². The lowest BCUT2D eigenvalue weighted by Gasteiger charge is -2.10. The number of sulfonamides is 1. The lowest BCUT2D eigenvalue weighted by molar-refractivity contribution is 0.599. The average Bonchev–Trinajstić information content (AvgIpc) is 2.88. The highest BCUT2D eigenvalue weighted by Crippen LogP contribution is 2.29. The molecule has 0 aliphatic rings. The van der Waals surface area contributed by atoms with Crippen LogP contribution in [0.25, 0.3) is 10.9 Å². The summed E-state index contributed by atoms with van der Waals surface area (Å²) in [4.78, 5) is 2.88. The first-order chi connectivity index (χ1) is 10.8. The predicted octanol–water partition coefficient (Wildman–Crippen LogP) is 4.83. The molecule has 0 amide bonds. The van der Waals surface area contributed by atoms with E-state index in [1.54, 1.807) is 25.1 Å². The van der Waals surface area contributed by atoms with E-state index in [9.17, 15) is 12.8 Å². The van der Waals surface area contributed by atoms with E-state index < -0.39 is 15.8 Å². The molecule has 0 atom stereocenters. The SMILES string of the molecule is Cc1cc(NS(=O)(=O)c2c[nH]c3cc(Cl)ccc23)c(F)cc1Br. The number of aryl methyl sites for hydroxylation is 1. The minimum atomic E-state index is -3.94. The minimum absolute atomic E-state index is 0.0316. The van der Waals surface area contributed by atoms with Gasteiger partial charge < -0.3 is 4.98 Å². The summed E-state index contributed by atoms with van der Waals surface area (Å²) < 4.78 is 42.0. The molecular weight excluding hydrogens is 407 g/mol. The molecule has 0 saturated carbocycles. The highest BCUT2D eigenvalue weighted by molar-refractivity contribution is 9.10. The van der Waals surface area contributed by atoms with Gasteiger partial charge in [0.2, 0.25) is 0 Å². The zero-order valence-corrected chi connectivity index (χ0v) is 15.0. The van der Waals surface area contributed by atoms with Gasteiger partial charge in [-0.2, -0.15) is 0 Å². The summed E-state index contributed by atoms with van der Waals surface area (Å²) in [5.74, 6) is -0.658. The normalized spacial score (nSPS) is 11.8. The first kappa shape index (κ1) is 16.3. The number of hydrogen-bond acceptors (Lipinski definition) is 2. The second kappa shape index (κ2) is 5.81. The molecular formula is C15H11BrClFN2O2S. The van der Waals surface area contributed by atoms with Crippen LogP contribution in [-0.2, 0) is 10.0 Å². The quantitative estimate of drug-likeness (QED) is 0.641. The van der Waals surface area contributed by atoms with Gasteiger partial charge in [0.05, 0.1) is 5.69 Å². The average molecular weight is 418 g/mol. The fourth-order valence-electron chi connectivity index (χ4n) is 2.23. The molecule has 1 aromatic heterocycles. The van der Waals surface area contributed by atoms with E-state index in [0.29, 0.717) is 20.4 Å². The van der Waals surface area contributed by atoms with Gasteiger partial charge in [-0.15, -0.1) is 0 Å². The number of H-pyrrole nitrogens is 1. The van der Waals surface area contributed by atoms with Crippen LogP contribution in [0.15, 0.2) is 45.9 Å². The molecule has 3 rings (SSSR count). The van der Waals surface area contributed by atoms with Gasteiger partial charge in [-0.05, 0) is 42.8 Å². The van der Waals surface area contributed by atoms with Crippen LogP contribution < -0.4 is 4.72 Å². The van der Waals surface area contributed by atoms with Crippen molar-refractivity contribution in [3.63, 3.8) is 0 Å². The molecule has 2 N–H and O–H groups in total. The van der Waals surface area contributed by atoms with Crippen molar-refractivity contribution in [1.82, 2.24) is 4.98 Å². The van der Waals surface area contributed by atoms with Crippen LogP contribution in [0.3, 0.4) is 0 Å². The Balaban J connectivity index is 2.06. The number of hydrogen-bond donors (Lipinski definition) is 2. The number of halogens is 3. The van der Waals surface area contributed by atoms with Gasteiger partial charge in [0, 0.05) is 26.6 Å². The third-order valence-corrected chi connectivity index (χ3v) is 5.88. The van der Waals surface area contributed by atoms with Crippen molar-refractivity contribution in [2.75, 3.05) is 4.72 Å². The van der Waals surface area contributed by atoms with Crippen molar-refractivity contribution in [1.29, 1.82) is 0 Å². The summed E-state index contributed by atoms with van der Waals surface area (Å²) in [5, 5.41) is 0.974. The summed E-state index contributed by atoms with van der Waals surface area (Å²) in [6.45, 7) is 1.75. The first-order valence-electron chi connectivity index (χ1n) is 6.53. The van der Waals surface area contributed by atoms with Gasteiger partial charge >= 0.3 is 0 Å². The van der Waals surface area contributed by atoms with Crippen LogP contribution in [0.4, 0.5) is 10.1 Å². The highest BCUT2D eigenvalue weighted by atomic mass is 79.9. The van der Waals surface area contributed by atoms with E-state index in [-0.39, 0.29) is 10.6 Å². The van der Waals surface area contributed by atoms with E-state index in [4.69, 9.17) is 11.6 Å². The molecule has 8 heteroatoms. The van der Waals surface area contributed by atoms with Crippen molar-refractivity contribution in [2.24, 2.45) is 0 Å². The molecule has 0 spiro atoms. The molecule has 0 saturated heterocycles. The minimum Gasteiger partial charge on any atom is -0.360 e. The number of fused-ring (bicyclic) bond motifs is 1. The van der Waals surface area contributed by atoms with E-state index >= 15 is 0 Å². The Hall–Kier alpha value is -1.57. The van der Waals surface area contributed by atoms with Crippen LogP contribution in [0.1, 0.15) is 5.56 Å². The van der Waals surface area contributed by atoms with Crippen LogP contribution in [0.5, 0.6) is 0 Å². The number of aromatic nitrogens is 1. The fraction of sp³-hybridized carbons (Fsp3) is 0.0667. The second-order valence-electron chi connectivity index (χ2n) is 5.03. The number of nitrogens with one attached hydrogen (secondary N) is 2. The lowest BCUT2D eigenvalue weighted by Crippen LogP contribution is -2.13. The van der Waals surface area contributed by atoms with Gasteiger partial charge in [0.1, 0.15) is 10.7 Å². The zero-order chi connectivity index (χ0) is 16.8. The maximum atomic E-state index is 14.0. The maximum Gasteiger partial charge on any atom is 0.264 e. The number of anilines is 1. The van der Waals surface area contributed by atoms with Gasteiger partial charge in [0.25, 0.3) is 10.0 Å². The Labute approximate surface area is 145 Å². The number of aromatic amines is 1. The highest BCUT2D eigenvalue weighted by Gasteiger charge is 2.21. The summed E-state index contributed by atoms with van der Waals surface area (Å²) in [6, 6.07) is 7.48. The topological polar surface area (TPSA) is 62.0 Å². The lowest BCUT2D eigenvalue weighted by atomic mass is 10.2. The van der Waals surface area contributed by atoms with Crippen molar-refractivity contribution in [3.8, 4) is 0 Å². The third-order valence-electron chi connectivity index (χ3n) is 3.39. The third kappa shape index (κ3) is 3.08. The smallest absolute Gasteiger partial charge is 0.264 e. The van der Waals surface area contributed by atoms with Gasteiger partial charge in [0.15, 0.2) is 0 Å². The zero-order valence-electron chi connectivity index (χ0n) is 11.8. The maximum absolute atomic E-state index is 14.0. The summed E-state index contributed by atoms with van der Waals surface area (Å²) >= 11 is 9.09. The van der Waals surface area contributed by atoms with Crippen molar-refractivity contribution >= 4 is 54.1 Å². The Morgan fingerprint density at radius 2 is 2.00 bits per heavy atom. The molecule has 0 unspecified atom stereocenters. The molecule has 0 aliphatic carbocycles. The molecule has 1 heterocycles. The molecule has 23 heavy (non-hydrogen) atoms. The van der Waals surface area contributed by atoms with E-state index in [1.807, 2.05) is 0 Å². The van der Waals surface area contributed by atoms with Crippen molar-refractivity contribution < 1.29 is 12.8 Å². The van der Waals surface area contributed by atoms with Crippen molar-refractivity contribution in [3.05, 3.63) is 57.4 Å². The second-order valence-corrected chi connectivity index (χ2v) is 7.97. The first-order valence-corrected chi connectivity index (χ1v) is 9.18. The fourth-order valence-corrected chi connectivity index (χ4v) is 3.95. The standard InChI is InChI=1S/C15H11BrClFN2O2S/c1-8-4-14(12(18)6-11(8)16)20-23(21,22)15-7-19-13-5-9(17)2-3-10(13)15/h2-7,19-20H,1H3. The Bertz CT molecular complexity index is 1020. The van der Waals surface area contributed by atoms with E-state index in [1.165, 1.54) is 18.3 Å². The van der Waals surface area contributed by atoms with Crippen molar-refractivity contribution in [2.45, 2.75) is 11.8 Å². The predicted molar refractivity (Wildman–Crippen MR) is 93.0 cm³/mol. The monoisotopic (exact) mass is 416 g/mol. The Kier molecular flexibility index (Phi) is 4.12. The summed E-state index contributed by atoms with van der Waals surface area (Å²) in [5.41, 5.74) is 1.20. The molecule has 0 radical (unpaired) electrons. The molecule has 0 fully saturated rings. The largest absolute Gasteiger partial charge is 0.360 e. The molecule has 4 nitrogen and oxygen atoms in total. The van der Waals surface area contributed by atoms with Crippen LogP contribution in [0, 0.1) is 12.7 Å². The van der Waals surface area contributed by atoms with Gasteiger partial charge in [-0.1, -0.05) is 27.5 Å². The molecule has 0 aliphatic heterocycles. The van der Waals surface area contributed by atoms with Crippen LogP contribution in [0.2, 0.25) is 5.02 Å². The Morgan fingerprint density at radius 3 is 2.74 bits per heavy atom. The van der Waals surface area contributed by atoms with Crippen LogP contribution in [-0.4, -0.2) is 13.4 Å². The number of benzene rings is 2.